The van der Waals surface area contributed by atoms with E-state index in [1.165, 1.54) is 37.3 Å². The molecule has 1 fully saturated rings. The first-order chi connectivity index (χ1) is 24.5. The fraction of sp³-hybridized carbons (Fsp3) is 0.333. The van der Waals surface area contributed by atoms with E-state index in [0.29, 0.717) is 21.4 Å². The number of methoxy groups -OCH3 is 2. The Labute approximate surface area is 310 Å². The first-order valence-electron chi connectivity index (χ1n) is 16.9. The number of hydrogen-bond acceptors (Lipinski definition) is 6. The number of sulfonamides is 1. The molecule has 1 saturated carbocycles. The van der Waals surface area contributed by atoms with E-state index < -0.39 is 28.5 Å². The molecular formula is C39H43Cl2N3O6S. The Morgan fingerprint density at radius 2 is 1.49 bits per heavy atom. The summed E-state index contributed by atoms with van der Waals surface area (Å²) >= 11 is 13.3. The minimum absolute atomic E-state index is 0.00717. The SMILES string of the molecule is COc1ccc(N(CC(=O)N(Cc2c(Cl)cccc2Cl)[C@@H](Cc2ccccc2)C(=O)NC2CCCCC2)S(=O)(=O)c2ccc(C)cc2)cc1OC. The molecule has 270 valence electrons. The number of carbonyl (C=O) groups excluding carboxylic acids is 2. The zero-order chi connectivity index (χ0) is 36.5. The molecule has 5 rings (SSSR count). The van der Waals surface area contributed by atoms with Crippen molar-refractivity contribution in [2.75, 3.05) is 25.1 Å². The van der Waals surface area contributed by atoms with Crippen LogP contribution in [0.1, 0.15) is 48.8 Å². The third-order valence-electron chi connectivity index (χ3n) is 9.16. The summed E-state index contributed by atoms with van der Waals surface area (Å²) in [5, 5.41) is 3.83. The van der Waals surface area contributed by atoms with Crippen molar-refractivity contribution in [3.63, 3.8) is 0 Å². The Kier molecular flexibility index (Phi) is 12.9. The zero-order valence-electron chi connectivity index (χ0n) is 29.0. The molecule has 12 heteroatoms. The van der Waals surface area contributed by atoms with Gasteiger partial charge in [0.1, 0.15) is 12.6 Å². The highest BCUT2D eigenvalue weighted by molar-refractivity contribution is 7.92. The summed E-state index contributed by atoms with van der Waals surface area (Å²) in [6.45, 7) is 1.07. The summed E-state index contributed by atoms with van der Waals surface area (Å²) < 4.78 is 40.8. The first-order valence-corrected chi connectivity index (χ1v) is 19.1. The van der Waals surface area contributed by atoms with E-state index in [-0.39, 0.29) is 41.2 Å². The van der Waals surface area contributed by atoms with Crippen molar-refractivity contribution in [1.82, 2.24) is 10.2 Å². The lowest BCUT2D eigenvalue weighted by Gasteiger charge is -2.35. The van der Waals surface area contributed by atoms with Gasteiger partial charge in [0.2, 0.25) is 11.8 Å². The van der Waals surface area contributed by atoms with Gasteiger partial charge in [0, 0.05) is 40.7 Å². The van der Waals surface area contributed by atoms with E-state index in [1.807, 2.05) is 37.3 Å². The lowest BCUT2D eigenvalue weighted by molar-refractivity contribution is -0.140. The summed E-state index contributed by atoms with van der Waals surface area (Å²) in [6.07, 6.45) is 4.98. The number of anilines is 1. The maximum Gasteiger partial charge on any atom is 0.264 e. The number of carbonyl (C=O) groups is 2. The number of aryl methyl sites for hydroxylation is 1. The molecule has 1 aliphatic carbocycles. The second-order valence-electron chi connectivity index (χ2n) is 12.6. The summed E-state index contributed by atoms with van der Waals surface area (Å²) in [6, 6.07) is 24.4. The summed E-state index contributed by atoms with van der Waals surface area (Å²) in [7, 11) is -1.40. The Balaban J connectivity index is 1.62. The molecular weight excluding hydrogens is 709 g/mol. The molecule has 0 heterocycles. The number of rotatable bonds is 14. The third kappa shape index (κ3) is 9.36. The van der Waals surface area contributed by atoms with Crippen LogP contribution in [0.15, 0.2) is 95.9 Å². The molecule has 0 aliphatic heterocycles. The van der Waals surface area contributed by atoms with E-state index in [9.17, 15) is 18.0 Å². The maximum atomic E-state index is 14.9. The Hall–Kier alpha value is -4.25. The van der Waals surface area contributed by atoms with Crippen molar-refractivity contribution in [2.45, 2.75) is 69.0 Å². The Morgan fingerprint density at radius 3 is 2.12 bits per heavy atom. The minimum Gasteiger partial charge on any atom is -0.493 e. The van der Waals surface area contributed by atoms with Gasteiger partial charge in [-0.3, -0.25) is 13.9 Å². The summed E-state index contributed by atoms with van der Waals surface area (Å²) in [5.41, 5.74) is 2.31. The van der Waals surface area contributed by atoms with E-state index in [2.05, 4.69) is 5.32 Å². The predicted molar refractivity (Wildman–Crippen MR) is 201 cm³/mol. The van der Waals surface area contributed by atoms with Crippen LogP contribution in [0.25, 0.3) is 0 Å². The molecule has 0 spiro atoms. The van der Waals surface area contributed by atoms with Gasteiger partial charge < -0.3 is 19.7 Å². The van der Waals surface area contributed by atoms with E-state index in [0.717, 1.165) is 47.5 Å². The highest BCUT2D eigenvalue weighted by Gasteiger charge is 2.36. The van der Waals surface area contributed by atoms with Gasteiger partial charge in [-0.1, -0.05) is 96.6 Å². The first kappa shape index (κ1) is 38.0. The van der Waals surface area contributed by atoms with Crippen LogP contribution in [-0.4, -0.2) is 58.0 Å². The van der Waals surface area contributed by atoms with Gasteiger partial charge in [-0.25, -0.2) is 8.42 Å². The molecule has 0 bridgehead atoms. The second-order valence-corrected chi connectivity index (χ2v) is 15.3. The van der Waals surface area contributed by atoms with Crippen LogP contribution in [0.4, 0.5) is 5.69 Å². The molecule has 2 amide bonds. The molecule has 1 atom stereocenters. The molecule has 4 aromatic carbocycles. The van der Waals surface area contributed by atoms with E-state index in [1.54, 1.807) is 42.5 Å². The van der Waals surface area contributed by atoms with Gasteiger partial charge in [-0.15, -0.1) is 0 Å². The standard InChI is InChI=1S/C39H43Cl2N3O6S/c1-27-17-20-31(21-18-27)51(47,48)44(30-19-22-36(49-2)37(24-30)50-3)26-38(45)43(25-32-33(40)15-10-16-34(32)41)35(23-28-11-6-4-7-12-28)39(46)42-29-13-8-5-9-14-29/h4,6-7,10-12,15-22,24,29,35H,5,8-9,13-14,23,25-26H2,1-3H3,(H,42,46)/t35-/m0/s1. The molecule has 0 radical (unpaired) electrons. The molecule has 4 aromatic rings. The Morgan fingerprint density at radius 1 is 0.843 bits per heavy atom. The summed E-state index contributed by atoms with van der Waals surface area (Å²) in [5.74, 6) is -0.296. The lowest BCUT2D eigenvalue weighted by Crippen LogP contribution is -2.55. The largest absolute Gasteiger partial charge is 0.493 e. The number of halogens is 2. The average Bonchev–Trinajstić information content (AvgIpc) is 3.13. The van der Waals surface area contributed by atoms with Gasteiger partial charge >= 0.3 is 0 Å². The normalized spacial score (nSPS) is 14.0. The van der Waals surface area contributed by atoms with Gasteiger partial charge in [-0.05, 0) is 61.7 Å². The number of nitrogens with one attached hydrogen (secondary N) is 1. The maximum absolute atomic E-state index is 14.9. The molecule has 1 N–H and O–H groups in total. The highest BCUT2D eigenvalue weighted by atomic mass is 35.5. The second kappa shape index (κ2) is 17.3. The topological polar surface area (TPSA) is 105 Å². The molecule has 9 nitrogen and oxygen atoms in total. The molecule has 51 heavy (non-hydrogen) atoms. The minimum atomic E-state index is -4.32. The van der Waals surface area contributed by atoms with Crippen LogP contribution in [0.3, 0.4) is 0 Å². The number of benzene rings is 4. The number of nitrogens with zero attached hydrogens (tertiary/aromatic N) is 2. The van der Waals surface area contributed by atoms with Crippen molar-refractivity contribution in [3.8, 4) is 11.5 Å². The van der Waals surface area contributed by atoms with Crippen LogP contribution in [0, 0.1) is 6.92 Å². The van der Waals surface area contributed by atoms with Crippen molar-refractivity contribution in [1.29, 1.82) is 0 Å². The van der Waals surface area contributed by atoms with Crippen LogP contribution in [0.2, 0.25) is 10.0 Å². The van der Waals surface area contributed by atoms with Crippen LogP contribution >= 0.6 is 23.2 Å². The quantitative estimate of drug-likeness (QED) is 0.142. The fourth-order valence-electron chi connectivity index (χ4n) is 6.30. The van der Waals surface area contributed by atoms with Gasteiger partial charge in [0.05, 0.1) is 24.8 Å². The molecule has 0 saturated heterocycles. The van der Waals surface area contributed by atoms with Crippen molar-refractivity contribution in [3.05, 3.63) is 118 Å². The van der Waals surface area contributed by atoms with Crippen LogP contribution in [-0.2, 0) is 32.6 Å². The zero-order valence-corrected chi connectivity index (χ0v) is 31.3. The van der Waals surface area contributed by atoms with Gasteiger partial charge in [0.15, 0.2) is 11.5 Å². The van der Waals surface area contributed by atoms with Gasteiger partial charge in [-0.2, -0.15) is 0 Å². The molecule has 1 aliphatic rings. The van der Waals surface area contributed by atoms with Crippen molar-refractivity contribution >= 4 is 50.7 Å². The third-order valence-corrected chi connectivity index (χ3v) is 11.7. The van der Waals surface area contributed by atoms with Gasteiger partial charge in [0.25, 0.3) is 10.0 Å². The molecule has 0 unspecified atom stereocenters. The summed E-state index contributed by atoms with van der Waals surface area (Å²) in [4.78, 5) is 30.6. The smallest absolute Gasteiger partial charge is 0.264 e. The van der Waals surface area contributed by atoms with E-state index >= 15 is 0 Å². The highest BCUT2D eigenvalue weighted by Crippen LogP contribution is 2.35. The lowest BCUT2D eigenvalue weighted by atomic mass is 9.94. The van der Waals surface area contributed by atoms with Crippen molar-refractivity contribution < 1.29 is 27.5 Å². The predicted octanol–water partition coefficient (Wildman–Crippen LogP) is 7.60. The molecule has 0 aromatic heterocycles. The van der Waals surface area contributed by atoms with Crippen molar-refractivity contribution in [2.24, 2.45) is 0 Å². The van der Waals surface area contributed by atoms with E-state index in [4.69, 9.17) is 32.7 Å². The monoisotopic (exact) mass is 751 g/mol. The number of hydrogen-bond donors (Lipinski definition) is 1. The number of amides is 2. The van der Waals surface area contributed by atoms with Crippen LogP contribution in [0.5, 0.6) is 11.5 Å². The number of ether oxygens (including phenoxy) is 2. The average molecular weight is 753 g/mol. The Bertz CT molecular complexity index is 1900. The van der Waals surface area contributed by atoms with Crippen LogP contribution < -0.4 is 19.1 Å². The fourth-order valence-corrected chi connectivity index (χ4v) is 8.22.